The molecule has 8 heteroatoms. The van der Waals surface area contributed by atoms with Crippen molar-refractivity contribution in [2.24, 2.45) is 0 Å². The zero-order chi connectivity index (χ0) is 18.2. The van der Waals surface area contributed by atoms with E-state index in [2.05, 4.69) is 20.7 Å². The lowest BCUT2D eigenvalue weighted by Gasteiger charge is -2.26. The third-order valence-corrected chi connectivity index (χ3v) is 6.28. The Labute approximate surface area is 152 Å². The minimum Gasteiger partial charge on any atom is -0.208 e. The molecule has 0 amide bonds. The summed E-state index contributed by atoms with van der Waals surface area (Å²) in [6.45, 7) is 0. The van der Waals surface area contributed by atoms with E-state index in [9.17, 15) is 21.6 Å². The highest BCUT2D eigenvalue weighted by atomic mass is 79.9. The van der Waals surface area contributed by atoms with E-state index >= 15 is 0 Å². The second-order valence-corrected chi connectivity index (χ2v) is 8.57. The summed E-state index contributed by atoms with van der Waals surface area (Å²) in [6, 6.07) is 10.3. The maximum Gasteiger partial charge on any atom is 0.417 e. The number of sulfonamides is 1. The molecule has 3 nitrogen and oxygen atoms in total. The molecule has 1 unspecified atom stereocenters. The fourth-order valence-electron chi connectivity index (χ4n) is 3.04. The van der Waals surface area contributed by atoms with E-state index in [4.69, 9.17) is 0 Å². The fourth-order valence-corrected chi connectivity index (χ4v) is 4.88. The van der Waals surface area contributed by atoms with Crippen molar-refractivity contribution in [2.45, 2.75) is 36.4 Å². The van der Waals surface area contributed by atoms with Crippen LogP contribution in [0.2, 0.25) is 0 Å². The van der Waals surface area contributed by atoms with Gasteiger partial charge in [0.1, 0.15) is 0 Å². The van der Waals surface area contributed by atoms with Gasteiger partial charge in [-0.15, -0.1) is 0 Å². The smallest absolute Gasteiger partial charge is 0.208 e. The van der Waals surface area contributed by atoms with Gasteiger partial charge >= 0.3 is 6.18 Å². The number of benzene rings is 2. The second kappa shape index (κ2) is 6.74. The highest BCUT2D eigenvalue weighted by Gasteiger charge is 2.38. The zero-order valence-electron chi connectivity index (χ0n) is 13.0. The van der Waals surface area contributed by atoms with Crippen LogP contribution in [0.25, 0.3) is 0 Å². The lowest BCUT2D eigenvalue weighted by Crippen LogP contribution is -2.39. The highest BCUT2D eigenvalue weighted by Crippen LogP contribution is 2.36. The molecule has 3 rings (SSSR count). The molecule has 0 aromatic heterocycles. The van der Waals surface area contributed by atoms with Crippen molar-refractivity contribution in [3.63, 3.8) is 0 Å². The lowest BCUT2D eigenvalue weighted by atomic mass is 9.89. The SMILES string of the molecule is O=S(=O)(NC1CCc2ccccc2C1)c1ccc(Br)cc1C(F)(F)F. The van der Waals surface area contributed by atoms with Crippen LogP contribution in [0.5, 0.6) is 0 Å². The van der Waals surface area contributed by atoms with Gasteiger partial charge in [0.2, 0.25) is 10.0 Å². The minimum absolute atomic E-state index is 0.172. The summed E-state index contributed by atoms with van der Waals surface area (Å²) < 4.78 is 67.4. The first-order chi connectivity index (χ1) is 11.7. The van der Waals surface area contributed by atoms with Gasteiger partial charge in [-0.1, -0.05) is 40.2 Å². The van der Waals surface area contributed by atoms with Gasteiger partial charge in [-0.25, -0.2) is 13.1 Å². The molecular weight excluding hydrogens is 419 g/mol. The lowest BCUT2D eigenvalue weighted by molar-refractivity contribution is -0.139. The van der Waals surface area contributed by atoms with E-state index in [0.717, 1.165) is 23.3 Å². The summed E-state index contributed by atoms with van der Waals surface area (Å²) in [5.74, 6) is 0. The molecule has 0 bridgehead atoms. The van der Waals surface area contributed by atoms with Crippen LogP contribution in [0.4, 0.5) is 13.2 Å². The predicted molar refractivity (Wildman–Crippen MR) is 91.7 cm³/mol. The molecule has 0 saturated carbocycles. The Morgan fingerprint density at radius 1 is 1.08 bits per heavy atom. The van der Waals surface area contributed by atoms with Crippen LogP contribution in [-0.2, 0) is 29.0 Å². The molecule has 1 N–H and O–H groups in total. The average Bonchev–Trinajstić information content (AvgIpc) is 2.53. The molecule has 0 aliphatic heterocycles. The van der Waals surface area contributed by atoms with Gasteiger partial charge in [-0.05, 0) is 48.6 Å². The first-order valence-electron chi connectivity index (χ1n) is 7.63. The van der Waals surface area contributed by atoms with Crippen LogP contribution in [-0.4, -0.2) is 14.5 Å². The molecule has 0 spiro atoms. The maximum absolute atomic E-state index is 13.2. The van der Waals surface area contributed by atoms with E-state index in [1.165, 1.54) is 6.07 Å². The van der Waals surface area contributed by atoms with E-state index in [1.54, 1.807) is 0 Å². The monoisotopic (exact) mass is 433 g/mol. The Bertz CT molecular complexity index is 897. The molecule has 25 heavy (non-hydrogen) atoms. The molecular formula is C17H15BrF3NO2S. The number of hydrogen-bond acceptors (Lipinski definition) is 2. The molecule has 0 radical (unpaired) electrons. The Hall–Kier alpha value is -1.38. The molecule has 2 aromatic carbocycles. The zero-order valence-corrected chi connectivity index (χ0v) is 15.4. The number of halogens is 4. The van der Waals surface area contributed by atoms with Gasteiger partial charge in [0.15, 0.2) is 0 Å². The third kappa shape index (κ3) is 4.07. The fraction of sp³-hybridized carbons (Fsp3) is 0.294. The average molecular weight is 434 g/mol. The van der Waals surface area contributed by atoms with Crippen LogP contribution >= 0.6 is 15.9 Å². The van der Waals surface area contributed by atoms with Crippen LogP contribution in [0.1, 0.15) is 23.1 Å². The highest BCUT2D eigenvalue weighted by molar-refractivity contribution is 9.10. The van der Waals surface area contributed by atoms with Gasteiger partial charge in [-0.2, -0.15) is 13.2 Å². The van der Waals surface area contributed by atoms with Crippen LogP contribution in [0, 0.1) is 0 Å². The number of fused-ring (bicyclic) bond motifs is 1. The van der Waals surface area contributed by atoms with Crippen molar-refractivity contribution in [1.29, 1.82) is 0 Å². The van der Waals surface area contributed by atoms with E-state index in [1.807, 2.05) is 24.3 Å². The normalized spacial score (nSPS) is 18.0. The molecule has 1 atom stereocenters. The summed E-state index contributed by atoms with van der Waals surface area (Å²) in [7, 11) is -4.28. The summed E-state index contributed by atoms with van der Waals surface area (Å²) in [4.78, 5) is -0.748. The van der Waals surface area contributed by atoms with E-state index in [0.29, 0.717) is 19.3 Å². The quantitative estimate of drug-likeness (QED) is 0.783. The standard InChI is InChI=1S/C17H15BrF3NO2S/c18-13-6-8-16(15(10-13)17(19,20)21)25(23,24)22-14-7-5-11-3-1-2-4-12(11)9-14/h1-4,6,8,10,14,22H,5,7,9H2. The molecule has 0 saturated heterocycles. The van der Waals surface area contributed by atoms with Crippen molar-refractivity contribution in [3.8, 4) is 0 Å². The minimum atomic E-state index is -4.76. The Morgan fingerprint density at radius 2 is 1.76 bits per heavy atom. The van der Waals surface area contributed by atoms with Gasteiger partial charge in [0.25, 0.3) is 0 Å². The Kier molecular flexibility index (Phi) is 4.96. The largest absolute Gasteiger partial charge is 0.417 e. The van der Waals surface area contributed by atoms with E-state index in [-0.39, 0.29) is 4.47 Å². The van der Waals surface area contributed by atoms with Crippen molar-refractivity contribution in [3.05, 3.63) is 63.6 Å². The molecule has 1 aliphatic carbocycles. The number of rotatable bonds is 3. The number of hydrogen-bond donors (Lipinski definition) is 1. The van der Waals surface area contributed by atoms with Crippen LogP contribution in [0.3, 0.4) is 0 Å². The van der Waals surface area contributed by atoms with Crippen molar-refractivity contribution < 1.29 is 21.6 Å². The van der Waals surface area contributed by atoms with Gasteiger partial charge in [-0.3, -0.25) is 0 Å². The third-order valence-electron chi connectivity index (χ3n) is 4.21. The van der Waals surface area contributed by atoms with E-state index < -0.39 is 32.7 Å². The molecule has 0 fully saturated rings. The summed E-state index contributed by atoms with van der Waals surface area (Å²) in [6.07, 6.45) is -3.05. The topological polar surface area (TPSA) is 46.2 Å². The Morgan fingerprint density at radius 3 is 2.44 bits per heavy atom. The van der Waals surface area contributed by atoms with Crippen molar-refractivity contribution >= 4 is 26.0 Å². The number of aryl methyl sites for hydroxylation is 1. The summed E-state index contributed by atoms with van der Waals surface area (Å²) >= 11 is 2.96. The first kappa shape index (κ1) is 18.4. The maximum atomic E-state index is 13.2. The summed E-state index contributed by atoms with van der Waals surface area (Å²) in [5.41, 5.74) is 0.997. The molecule has 134 valence electrons. The van der Waals surface area contributed by atoms with Crippen molar-refractivity contribution in [2.75, 3.05) is 0 Å². The molecule has 0 heterocycles. The number of alkyl halides is 3. The predicted octanol–water partition coefficient (Wildman–Crippen LogP) is 4.30. The van der Waals surface area contributed by atoms with Gasteiger partial charge < -0.3 is 0 Å². The Balaban J connectivity index is 1.89. The van der Waals surface area contributed by atoms with Crippen LogP contribution in [0.15, 0.2) is 51.8 Å². The molecule has 2 aromatic rings. The first-order valence-corrected chi connectivity index (χ1v) is 9.90. The summed E-state index contributed by atoms with van der Waals surface area (Å²) in [5, 5.41) is 0. The van der Waals surface area contributed by atoms with Gasteiger partial charge in [0, 0.05) is 10.5 Å². The number of nitrogens with one attached hydrogen (secondary N) is 1. The van der Waals surface area contributed by atoms with Crippen LogP contribution < -0.4 is 4.72 Å². The second-order valence-electron chi connectivity index (χ2n) is 5.97. The van der Waals surface area contributed by atoms with Crippen molar-refractivity contribution in [1.82, 2.24) is 4.72 Å². The molecule has 1 aliphatic rings. The van der Waals surface area contributed by atoms with Gasteiger partial charge in [0.05, 0.1) is 10.5 Å².